The van der Waals surface area contributed by atoms with Crippen LogP contribution in [0.2, 0.25) is 0 Å². The van der Waals surface area contributed by atoms with E-state index in [-0.39, 0.29) is 23.2 Å². The summed E-state index contributed by atoms with van der Waals surface area (Å²) in [6.45, 7) is -0.452. The second-order valence-corrected chi connectivity index (χ2v) is 7.45. The van der Waals surface area contributed by atoms with E-state index in [1.165, 1.54) is 0 Å². The molecule has 1 fully saturated rings. The van der Waals surface area contributed by atoms with Crippen molar-refractivity contribution < 1.29 is 24.5 Å². The second-order valence-electron chi connectivity index (χ2n) is 7.45. The lowest BCUT2D eigenvalue weighted by Crippen LogP contribution is -2.45. The fraction of sp³-hybridized carbons (Fsp3) is 0.238. The van der Waals surface area contributed by atoms with E-state index in [2.05, 4.69) is 4.98 Å². The molecule has 0 spiro atoms. The average molecular weight is 423 g/mol. The number of amides is 2. The molecule has 2 aliphatic heterocycles. The summed E-state index contributed by atoms with van der Waals surface area (Å²) in [6, 6.07) is 10.1. The largest absolute Gasteiger partial charge is 0.394 e. The molecule has 0 unspecified atom stereocenters. The van der Waals surface area contributed by atoms with Crippen molar-refractivity contribution >= 4 is 28.3 Å². The summed E-state index contributed by atoms with van der Waals surface area (Å²) < 4.78 is 6.48. The summed E-state index contributed by atoms with van der Waals surface area (Å²) in [4.78, 5) is 54.2. The minimum Gasteiger partial charge on any atom is -0.394 e. The molecule has 2 aliphatic rings. The number of aromatic nitrogens is 2. The highest BCUT2D eigenvalue weighted by Gasteiger charge is 2.38. The Morgan fingerprint density at radius 1 is 1.03 bits per heavy atom. The molecule has 3 N–H and O–H groups in total. The molecule has 31 heavy (non-hydrogen) atoms. The molecular formula is C21H17N3O7. The molecule has 3 aromatic rings. The number of aromatic amines is 1. The first-order chi connectivity index (χ1) is 14.9. The van der Waals surface area contributed by atoms with Crippen LogP contribution >= 0.6 is 0 Å². The third kappa shape index (κ3) is 2.84. The lowest BCUT2D eigenvalue weighted by atomic mass is 9.94. The minimum atomic E-state index is -1.01. The number of rotatable bonds is 3. The van der Waals surface area contributed by atoms with Crippen molar-refractivity contribution in [3.05, 3.63) is 74.6 Å². The number of carbonyl (C=O) groups is 2. The SMILES string of the molecule is O=C1c2cccc3cccc(c23)C(=O)N1c1cn([C@H]2C[C@H](O)[C@@H](CO)O2)c(=O)[nH]c1=O. The topological polar surface area (TPSA) is 142 Å². The van der Waals surface area contributed by atoms with Crippen LogP contribution in [-0.2, 0) is 4.74 Å². The summed E-state index contributed by atoms with van der Waals surface area (Å²) in [5.74, 6) is -1.38. The number of hydrogen-bond acceptors (Lipinski definition) is 7. The van der Waals surface area contributed by atoms with E-state index in [1.54, 1.807) is 36.4 Å². The van der Waals surface area contributed by atoms with Gasteiger partial charge in [0.15, 0.2) is 0 Å². The zero-order chi connectivity index (χ0) is 21.9. The van der Waals surface area contributed by atoms with E-state index < -0.39 is 48.1 Å². The number of carbonyl (C=O) groups excluding carboxylic acids is 2. The Bertz CT molecular complexity index is 1310. The van der Waals surface area contributed by atoms with Crippen LogP contribution in [0.1, 0.15) is 33.4 Å². The Morgan fingerprint density at radius 3 is 2.26 bits per heavy atom. The number of H-pyrrole nitrogens is 1. The van der Waals surface area contributed by atoms with Crippen molar-refractivity contribution in [2.24, 2.45) is 0 Å². The Morgan fingerprint density at radius 2 is 1.68 bits per heavy atom. The van der Waals surface area contributed by atoms with Gasteiger partial charge in [-0.3, -0.25) is 23.9 Å². The van der Waals surface area contributed by atoms with Gasteiger partial charge in [-0.15, -0.1) is 0 Å². The highest BCUT2D eigenvalue weighted by Crippen LogP contribution is 2.32. The van der Waals surface area contributed by atoms with Gasteiger partial charge in [0.1, 0.15) is 18.0 Å². The van der Waals surface area contributed by atoms with Crippen LogP contribution in [-0.4, -0.2) is 50.4 Å². The third-order valence-electron chi connectivity index (χ3n) is 5.66. The van der Waals surface area contributed by atoms with Crippen LogP contribution < -0.4 is 16.1 Å². The predicted octanol–water partition coefficient (Wildman–Crippen LogP) is 0.131. The fourth-order valence-corrected chi connectivity index (χ4v) is 4.15. The Balaban J connectivity index is 1.64. The maximum Gasteiger partial charge on any atom is 0.330 e. The summed E-state index contributed by atoms with van der Waals surface area (Å²) in [5.41, 5.74) is -1.56. The number of anilines is 1. The zero-order valence-electron chi connectivity index (χ0n) is 16.0. The van der Waals surface area contributed by atoms with E-state index in [0.717, 1.165) is 21.1 Å². The fourth-order valence-electron chi connectivity index (χ4n) is 4.15. The van der Waals surface area contributed by atoms with Crippen molar-refractivity contribution in [1.82, 2.24) is 9.55 Å². The molecule has 10 nitrogen and oxygen atoms in total. The lowest BCUT2D eigenvalue weighted by molar-refractivity contribution is -0.0458. The Hall–Kier alpha value is -3.60. The summed E-state index contributed by atoms with van der Waals surface area (Å²) >= 11 is 0. The van der Waals surface area contributed by atoms with E-state index in [0.29, 0.717) is 5.39 Å². The number of benzene rings is 2. The standard InChI is InChI=1S/C21H17N3O7/c25-9-15-14(26)7-16(31-15)23-8-13(18(27)22-21(23)30)24-19(28)11-5-1-3-10-4-2-6-12(17(10)11)20(24)29/h1-6,8,14-16,25-26H,7,9H2,(H,22,27,30)/t14-,15+,16+/m0/s1. The predicted molar refractivity (Wildman–Crippen MR) is 108 cm³/mol. The van der Waals surface area contributed by atoms with Crippen LogP contribution in [0.3, 0.4) is 0 Å². The van der Waals surface area contributed by atoms with E-state index >= 15 is 0 Å². The van der Waals surface area contributed by atoms with Gasteiger partial charge >= 0.3 is 5.69 Å². The summed E-state index contributed by atoms with van der Waals surface area (Å²) in [7, 11) is 0. The first kappa shape index (κ1) is 19.4. The Labute approximate surface area is 173 Å². The molecule has 1 aromatic heterocycles. The highest BCUT2D eigenvalue weighted by molar-refractivity contribution is 6.35. The molecule has 2 aromatic carbocycles. The molecule has 158 valence electrons. The van der Waals surface area contributed by atoms with Gasteiger partial charge in [0, 0.05) is 29.1 Å². The van der Waals surface area contributed by atoms with E-state index in [1.807, 2.05) is 0 Å². The van der Waals surface area contributed by atoms with Crippen LogP contribution in [0.15, 0.2) is 52.2 Å². The van der Waals surface area contributed by atoms with Crippen molar-refractivity contribution in [2.45, 2.75) is 24.9 Å². The molecule has 2 amide bonds. The first-order valence-corrected chi connectivity index (χ1v) is 9.61. The number of nitrogens with one attached hydrogen (secondary N) is 1. The first-order valence-electron chi connectivity index (χ1n) is 9.61. The minimum absolute atomic E-state index is 0.0132. The van der Waals surface area contributed by atoms with E-state index in [9.17, 15) is 29.4 Å². The van der Waals surface area contributed by atoms with Gasteiger partial charge in [-0.1, -0.05) is 24.3 Å². The molecule has 3 atom stereocenters. The highest BCUT2D eigenvalue weighted by atomic mass is 16.5. The molecule has 5 rings (SSSR count). The number of imide groups is 1. The van der Waals surface area contributed by atoms with Gasteiger partial charge < -0.3 is 14.9 Å². The van der Waals surface area contributed by atoms with Gasteiger partial charge in [-0.05, 0) is 17.5 Å². The maximum atomic E-state index is 13.2. The van der Waals surface area contributed by atoms with Crippen molar-refractivity contribution in [1.29, 1.82) is 0 Å². The molecule has 1 saturated heterocycles. The molecule has 0 bridgehead atoms. The van der Waals surface area contributed by atoms with Crippen LogP contribution in [0.25, 0.3) is 10.8 Å². The molecule has 3 heterocycles. The molecular weight excluding hydrogens is 406 g/mol. The van der Waals surface area contributed by atoms with Crippen LogP contribution in [0, 0.1) is 0 Å². The Kier molecular flexibility index (Phi) is 4.36. The van der Waals surface area contributed by atoms with Crippen LogP contribution in [0.4, 0.5) is 5.69 Å². The number of hydrogen-bond donors (Lipinski definition) is 3. The number of ether oxygens (including phenoxy) is 1. The number of aliphatic hydroxyl groups is 2. The number of nitrogens with zero attached hydrogens (tertiary/aromatic N) is 2. The van der Waals surface area contributed by atoms with Gasteiger partial charge in [-0.2, -0.15) is 0 Å². The molecule has 10 heteroatoms. The zero-order valence-corrected chi connectivity index (χ0v) is 16.0. The maximum absolute atomic E-state index is 13.2. The average Bonchev–Trinajstić information content (AvgIpc) is 3.13. The second kappa shape index (κ2) is 6.98. The lowest BCUT2D eigenvalue weighted by Gasteiger charge is -2.27. The van der Waals surface area contributed by atoms with Crippen molar-refractivity contribution in [2.75, 3.05) is 11.5 Å². The van der Waals surface area contributed by atoms with E-state index in [4.69, 9.17) is 4.74 Å². The smallest absolute Gasteiger partial charge is 0.330 e. The van der Waals surface area contributed by atoms with Gasteiger partial charge in [-0.25, -0.2) is 9.69 Å². The number of aliphatic hydroxyl groups excluding tert-OH is 2. The van der Waals surface area contributed by atoms with Gasteiger partial charge in [0.25, 0.3) is 17.4 Å². The quantitative estimate of drug-likeness (QED) is 0.509. The van der Waals surface area contributed by atoms with Crippen molar-refractivity contribution in [3.63, 3.8) is 0 Å². The van der Waals surface area contributed by atoms with Gasteiger partial charge in [0.2, 0.25) is 0 Å². The third-order valence-corrected chi connectivity index (χ3v) is 5.66. The summed E-state index contributed by atoms with van der Waals surface area (Å²) in [5, 5.41) is 20.5. The molecule has 0 aliphatic carbocycles. The molecule has 0 saturated carbocycles. The van der Waals surface area contributed by atoms with Crippen molar-refractivity contribution in [3.8, 4) is 0 Å². The normalized spacial score (nSPS) is 23.0. The monoisotopic (exact) mass is 423 g/mol. The van der Waals surface area contributed by atoms with Crippen LogP contribution in [0.5, 0.6) is 0 Å². The summed E-state index contributed by atoms with van der Waals surface area (Å²) in [6.07, 6.45) is -1.83. The molecule has 0 radical (unpaired) electrons. The van der Waals surface area contributed by atoms with Gasteiger partial charge in [0.05, 0.1) is 12.7 Å².